The number of benzene rings is 2. The molecule has 1 heterocycles. The third-order valence-electron chi connectivity index (χ3n) is 6.62. The number of rotatable bonds is 7. The summed E-state index contributed by atoms with van der Waals surface area (Å²) in [6, 6.07) is 15.9. The van der Waals surface area contributed by atoms with Crippen molar-refractivity contribution in [2.24, 2.45) is 5.41 Å². The van der Waals surface area contributed by atoms with Gasteiger partial charge in [0, 0.05) is 12.5 Å². The van der Waals surface area contributed by atoms with Gasteiger partial charge in [-0.1, -0.05) is 55.0 Å². The van der Waals surface area contributed by atoms with E-state index in [1.54, 1.807) is 0 Å². The molecule has 0 radical (unpaired) electrons. The van der Waals surface area contributed by atoms with E-state index in [2.05, 4.69) is 25.6 Å². The molecule has 0 aliphatic heterocycles. The predicted molar refractivity (Wildman–Crippen MR) is 119 cm³/mol. The van der Waals surface area contributed by atoms with Crippen molar-refractivity contribution in [3.63, 3.8) is 0 Å². The van der Waals surface area contributed by atoms with Crippen molar-refractivity contribution in [1.29, 1.82) is 0 Å². The standard InChI is InChI=1S/C24H22N4O6/c29-21(25-13-24(22(30)31)10-5-11-24)19-20(28-34-27-19)26-23(32)33-12-18-16-8-3-1-6-14(16)15-7-2-4-9-17(15)18/h1-4,6-9,18H,5,10-13H2,(H,25,29)(H,30,31)(H,26,28,32). The van der Waals surface area contributed by atoms with Crippen molar-refractivity contribution in [3.8, 4) is 11.1 Å². The van der Waals surface area contributed by atoms with Gasteiger partial charge in [-0.2, -0.15) is 0 Å². The minimum Gasteiger partial charge on any atom is -0.481 e. The first-order valence-corrected chi connectivity index (χ1v) is 10.9. The normalized spacial score (nSPS) is 15.5. The lowest BCUT2D eigenvalue weighted by molar-refractivity contribution is -0.153. The zero-order valence-corrected chi connectivity index (χ0v) is 18.1. The molecule has 10 heteroatoms. The molecule has 1 aromatic heterocycles. The number of nitrogens with one attached hydrogen (secondary N) is 2. The third kappa shape index (κ3) is 3.76. The molecule has 0 spiro atoms. The maximum atomic E-state index is 12.5. The predicted octanol–water partition coefficient (Wildman–Crippen LogP) is 3.42. The molecule has 34 heavy (non-hydrogen) atoms. The number of carbonyl (C=O) groups is 3. The Bertz CT molecular complexity index is 1220. The molecule has 3 aromatic rings. The lowest BCUT2D eigenvalue weighted by Gasteiger charge is -2.37. The topological polar surface area (TPSA) is 144 Å². The third-order valence-corrected chi connectivity index (χ3v) is 6.62. The van der Waals surface area contributed by atoms with Gasteiger partial charge in [-0.05, 0) is 45.4 Å². The summed E-state index contributed by atoms with van der Waals surface area (Å²) in [5, 5.41) is 21.4. The van der Waals surface area contributed by atoms with Crippen LogP contribution in [0, 0.1) is 5.41 Å². The van der Waals surface area contributed by atoms with E-state index in [0.717, 1.165) is 28.7 Å². The number of anilines is 1. The highest BCUT2D eigenvalue weighted by Crippen LogP contribution is 2.44. The summed E-state index contributed by atoms with van der Waals surface area (Å²) in [6.07, 6.45) is 0.963. The zero-order chi connectivity index (χ0) is 23.7. The van der Waals surface area contributed by atoms with Crippen molar-refractivity contribution >= 4 is 23.8 Å². The summed E-state index contributed by atoms with van der Waals surface area (Å²) < 4.78 is 10.1. The van der Waals surface area contributed by atoms with E-state index in [-0.39, 0.29) is 30.6 Å². The number of fused-ring (bicyclic) bond motifs is 3. The van der Waals surface area contributed by atoms with Crippen LogP contribution in [0.25, 0.3) is 11.1 Å². The van der Waals surface area contributed by atoms with Crippen LogP contribution >= 0.6 is 0 Å². The number of ether oxygens (including phenoxy) is 1. The average molecular weight is 462 g/mol. The van der Waals surface area contributed by atoms with E-state index in [0.29, 0.717) is 12.8 Å². The van der Waals surface area contributed by atoms with Crippen molar-refractivity contribution in [2.45, 2.75) is 25.2 Å². The summed E-state index contributed by atoms with van der Waals surface area (Å²) in [6.45, 7) is 0.0478. The van der Waals surface area contributed by atoms with Gasteiger partial charge in [0.1, 0.15) is 6.61 Å². The summed E-state index contributed by atoms with van der Waals surface area (Å²) in [4.78, 5) is 36.5. The van der Waals surface area contributed by atoms with Crippen molar-refractivity contribution in [1.82, 2.24) is 15.6 Å². The van der Waals surface area contributed by atoms with Crippen LogP contribution in [0.5, 0.6) is 0 Å². The molecule has 3 N–H and O–H groups in total. The Hall–Kier alpha value is -4.21. The molecule has 174 valence electrons. The number of amides is 2. The fraction of sp³-hybridized carbons (Fsp3) is 0.292. The van der Waals surface area contributed by atoms with Crippen molar-refractivity contribution in [2.75, 3.05) is 18.5 Å². The molecule has 2 aliphatic carbocycles. The van der Waals surface area contributed by atoms with Gasteiger partial charge in [0.15, 0.2) is 0 Å². The molecular weight excluding hydrogens is 440 g/mol. The van der Waals surface area contributed by atoms with E-state index in [4.69, 9.17) is 4.74 Å². The van der Waals surface area contributed by atoms with Gasteiger partial charge in [0.05, 0.1) is 5.41 Å². The van der Waals surface area contributed by atoms with Gasteiger partial charge >= 0.3 is 12.1 Å². The second kappa shape index (κ2) is 8.62. The number of carbonyl (C=O) groups excluding carboxylic acids is 2. The van der Waals surface area contributed by atoms with Crippen molar-refractivity contribution < 1.29 is 28.9 Å². The summed E-state index contributed by atoms with van der Waals surface area (Å²) in [7, 11) is 0. The number of hydrogen-bond donors (Lipinski definition) is 3. The van der Waals surface area contributed by atoms with Crippen LogP contribution in [0.15, 0.2) is 53.2 Å². The molecule has 2 amide bonds. The van der Waals surface area contributed by atoms with Crippen LogP contribution in [0.3, 0.4) is 0 Å². The Kier molecular flexibility index (Phi) is 5.48. The second-order valence-corrected chi connectivity index (χ2v) is 8.53. The largest absolute Gasteiger partial charge is 0.481 e. The van der Waals surface area contributed by atoms with Gasteiger partial charge in [-0.3, -0.25) is 14.9 Å². The number of aromatic nitrogens is 2. The average Bonchev–Trinajstić information content (AvgIpc) is 3.39. The maximum absolute atomic E-state index is 12.5. The van der Waals surface area contributed by atoms with E-state index in [1.165, 1.54) is 0 Å². The zero-order valence-electron chi connectivity index (χ0n) is 18.1. The minimum absolute atomic E-state index is 0.0432. The van der Waals surface area contributed by atoms with Crippen molar-refractivity contribution in [3.05, 3.63) is 65.4 Å². The van der Waals surface area contributed by atoms with Gasteiger partial charge < -0.3 is 15.2 Å². The molecule has 0 atom stereocenters. The molecule has 2 aliphatic rings. The molecular formula is C24H22N4O6. The van der Waals surface area contributed by atoms with Crippen LogP contribution in [0.1, 0.15) is 46.8 Å². The summed E-state index contributed by atoms with van der Waals surface area (Å²) >= 11 is 0. The number of aliphatic carboxylic acids is 1. The van der Waals surface area contributed by atoms with E-state index < -0.39 is 23.4 Å². The quantitative estimate of drug-likeness (QED) is 0.485. The van der Waals surface area contributed by atoms with Gasteiger partial charge in [0.25, 0.3) is 5.91 Å². The Morgan fingerprint density at radius 1 is 1.03 bits per heavy atom. The monoisotopic (exact) mass is 462 g/mol. The minimum atomic E-state index is -0.965. The van der Waals surface area contributed by atoms with E-state index in [9.17, 15) is 19.5 Å². The molecule has 0 bridgehead atoms. The summed E-state index contributed by atoms with van der Waals surface area (Å²) in [5.41, 5.74) is 3.14. The highest BCUT2D eigenvalue weighted by molar-refractivity contribution is 5.99. The lowest BCUT2D eigenvalue weighted by Crippen LogP contribution is -2.47. The summed E-state index contributed by atoms with van der Waals surface area (Å²) in [5.74, 6) is -1.96. The highest BCUT2D eigenvalue weighted by Gasteiger charge is 2.44. The first-order valence-electron chi connectivity index (χ1n) is 10.9. The number of hydrogen-bond acceptors (Lipinski definition) is 7. The molecule has 0 unspecified atom stereocenters. The molecule has 1 fully saturated rings. The first-order chi connectivity index (χ1) is 16.5. The SMILES string of the molecule is O=C(Nc1nonc1C(=O)NCC1(C(=O)O)CCC1)OCC1c2ccccc2-c2ccccc21. The first kappa shape index (κ1) is 21.6. The lowest BCUT2D eigenvalue weighted by atomic mass is 9.69. The maximum Gasteiger partial charge on any atom is 0.412 e. The smallest absolute Gasteiger partial charge is 0.412 e. The molecule has 1 saturated carbocycles. The van der Waals surface area contributed by atoms with Crippen LogP contribution in [-0.2, 0) is 9.53 Å². The number of nitrogens with zero attached hydrogens (tertiary/aromatic N) is 2. The Balaban J connectivity index is 1.22. The van der Waals surface area contributed by atoms with E-state index in [1.807, 2.05) is 48.5 Å². The molecule has 0 saturated heterocycles. The molecule has 5 rings (SSSR count). The fourth-order valence-corrected chi connectivity index (χ4v) is 4.55. The van der Waals surface area contributed by atoms with Gasteiger partial charge in [0.2, 0.25) is 11.5 Å². The van der Waals surface area contributed by atoms with Gasteiger partial charge in [-0.15, -0.1) is 0 Å². The number of carboxylic acid groups (broad SMARTS) is 1. The molecule has 2 aromatic carbocycles. The van der Waals surface area contributed by atoms with Crippen LogP contribution in [0.2, 0.25) is 0 Å². The second-order valence-electron chi connectivity index (χ2n) is 8.53. The Morgan fingerprint density at radius 2 is 1.68 bits per heavy atom. The number of carboxylic acids is 1. The fourth-order valence-electron chi connectivity index (χ4n) is 4.55. The van der Waals surface area contributed by atoms with Crippen LogP contribution in [0.4, 0.5) is 10.6 Å². The van der Waals surface area contributed by atoms with Gasteiger partial charge in [-0.25, -0.2) is 9.42 Å². The Labute approximate surface area is 194 Å². The Morgan fingerprint density at radius 3 is 2.26 bits per heavy atom. The van der Waals surface area contributed by atoms with Crippen LogP contribution in [-0.4, -0.2) is 46.5 Å². The van der Waals surface area contributed by atoms with Crippen LogP contribution < -0.4 is 10.6 Å². The highest BCUT2D eigenvalue weighted by atomic mass is 16.6. The van der Waals surface area contributed by atoms with E-state index >= 15 is 0 Å². The molecule has 10 nitrogen and oxygen atoms in total.